The highest BCUT2D eigenvalue weighted by Crippen LogP contribution is 2.44. The first-order chi connectivity index (χ1) is 17.9. The Balaban J connectivity index is 1.00. The summed E-state index contributed by atoms with van der Waals surface area (Å²) in [5, 5.41) is 15.5. The van der Waals surface area contributed by atoms with Gasteiger partial charge in [0.05, 0.1) is 12.3 Å². The Morgan fingerprint density at radius 3 is 2.65 bits per heavy atom. The van der Waals surface area contributed by atoms with Crippen LogP contribution < -0.4 is 10.2 Å². The molecule has 0 amide bonds. The number of fused-ring (bicyclic) bond motifs is 2. The van der Waals surface area contributed by atoms with Crippen LogP contribution in [-0.4, -0.2) is 60.4 Å². The molecule has 7 heteroatoms. The zero-order valence-electron chi connectivity index (χ0n) is 21.8. The van der Waals surface area contributed by atoms with Gasteiger partial charge in [-0.25, -0.2) is 4.98 Å². The van der Waals surface area contributed by atoms with Gasteiger partial charge in [0, 0.05) is 47.9 Å². The van der Waals surface area contributed by atoms with Crippen molar-refractivity contribution in [3.05, 3.63) is 64.3 Å². The Morgan fingerprint density at radius 1 is 1.11 bits per heavy atom. The normalized spacial score (nSPS) is 20.7. The molecule has 3 aromatic rings. The molecule has 196 valence electrons. The highest BCUT2D eigenvalue weighted by atomic mass is 35.5. The molecular weight excluding hydrogens is 484 g/mol. The van der Waals surface area contributed by atoms with E-state index in [1.807, 2.05) is 25.1 Å². The predicted molar refractivity (Wildman–Crippen MR) is 150 cm³/mol. The summed E-state index contributed by atoms with van der Waals surface area (Å²) in [5.74, 6) is 1.05. The predicted octanol–water partition coefficient (Wildman–Crippen LogP) is 5.65. The third-order valence-electron chi connectivity index (χ3n) is 8.93. The molecule has 0 bridgehead atoms. The average molecular weight is 521 g/mol. The number of nitrogens with zero attached hydrogens (tertiary/aromatic N) is 3. The van der Waals surface area contributed by atoms with Crippen molar-refractivity contribution in [1.82, 2.24) is 9.88 Å². The van der Waals surface area contributed by atoms with Gasteiger partial charge in [0.2, 0.25) is 0 Å². The Morgan fingerprint density at radius 2 is 1.89 bits per heavy atom. The van der Waals surface area contributed by atoms with Crippen molar-refractivity contribution in [1.29, 1.82) is 0 Å². The lowest BCUT2D eigenvalue weighted by Gasteiger charge is -2.41. The number of likely N-dealkylation sites (tertiary alicyclic amines) is 1. The van der Waals surface area contributed by atoms with Gasteiger partial charge in [-0.1, -0.05) is 35.9 Å². The molecule has 1 aromatic heterocycles. The van der Waals surface area contributed by atoms with Crippen LogP contribution in [0.1, 0.15) is 42.4 Å². The molecule has 2 aromatic carbocycles. The van der Waals surface area contributed by atoms with Crippen molar-refractivity contribution in [3.8, 4) is 11.3 Å². The third kappa shape index (κ3) is 4.87. The zero-order chi connectivity index (χ0) is 25.6. The minimum atomic E-state index is -0.289. The summed E-state index contributed by atoms with van der Waals surface area (Å²) < 4.78 is 6.08. The van der Waals surface area contributed by atoms with Crippen LogP contribution in [0.3, 0.4) is 0 Å². The zero-order valence-corrected chi connectivity index (χ0v) is 22.6. The number of aliphatic hydroxyl groups excluding tert-OH is 1. The molecule has 2 N–H and O–H groups in total. The maximum Gasteiger partial charge on any atom is 0.297 e. The van der Waals surface area contributed by atoms with E-state index in [0.717, 1.165) is 86.9 Å². The number of nitrogens with one attached hydrogen (secondary N) is 1. The van der Waals surface area contributed by atoms with Gasteiger partial charge in [-0.3, -0.25) is 0 Å². The van der Waals surface area contributed by atoms with Gasteiger partial charge < -0.3 is 24.6 Å². The smallest absolute Gasteiger partial charge is 0.297 e. The molecule has 4 heterocycles. The summed E-state index contributed by atoms with van der Waals surface area (Å²) in [7, 11) is 0. The number of β-amino-alcohol motifs (C(OH)–C–C–N with tert-alkyl or cyclic N) is 1. The standard InChI is InChI=1S/C30H37ClN4O2/c1-20-3-6-24-26(15-20)33-19-30(24)9-13-34(14-10-30)18-27(36)22-7-11-35(12-8-22)29-32-17-28(37-29)23-5-4-21(2)25(31)16-23/h3-6,15-17,22,27,33,36H,7-14,18-19H2,1-2H3. The van der Waals surface area contributed by atoms with Crippen molar-refractivity contribution in [2.24, 2.45) is 5.92 Å². The molecular formula is C30H37ClN4O2. The summed E-state index contributed by atoms with van der Waals surface area (Å²) >= 11 is 6.29. The summed E-state index contributed by atoms with van der Waals surface area (Å²) in [6.07, 6.45) is 5.69. The molecule has 1 atom stereocenters. The van der Waals surface area contributed by atoms with Gasteiger partial charge in [-0.15, -0.1) is 0 Å². The molecule has 2 fully saturated rings. The summed E-state index contributed by atoms with van der Waals surface area (Å²) in [6, 6.07) is 13.4. The molecule has 0 aliphatic carbocycles. The van der Waals surface area contributed by atoms with E-state index >= 15 is 0 Å². The number of piperidine rings is 2. The van der Waals surface area contributed by atoms with Gasteiger partial charge in [0.1, 0.15) is 0 Å². The molecule has 0 radical (unpaired) electrons. The third-order valence-corrected chi connectivity index (χ3v) is 9.33. The van der Waals surface area contributed by atoms with Crippen LogP contribution in [0.2, 0.25) is 5.02 Å². The number of aromatic nitrogens is 1. The molecule has 6 nitrogen and oxygen atoms in total. The van der Waals surface area contributed by atoms with Gasteiger partial charge in [0.25, 0.3) is 6.01 Å². The van der Waals surface area contributed by atoms with Crippen LogP contribution in [0.15, 0.2) is 47.0 Å². The average Bonchev–Trinajstić information content (AvgIpc) is 3.53. The van der Waals surface area contributed by atoms with Crippen LogP contribution in [0.5, 0.6) is 0 Å². The van der Waals surface area contributed by atoms with E-state index < -0.39 is 0 Å². The van der Waals surface area contributed by atoms with E-state index in [9.17, 15) is 5.11 Å². The second-order valence-electron chi connectivity index (χ2n) is 11.3. The minimum absolute atomic E-state index is 0.259. The van der Waals surface area contributed by atoms with Crippen molar-refractivity contribution >= 4 is 23.3 Å². The van der Waals surface area contributed by atoms with Crippen LogP contribution >= 0.6 is 11.6 Å². The number of anilines is 2. The molecule has 6 rings (SSSR count). The van der Waals surface area contributed by atoms with E-state index in [2.05, 4.69) is 45.2 Å². The molecule has 1 unspecified atom stereocenters. The minimum Gasteiger partial charge on any atom is -0.423 e. The van der Waals surface area contributed by atoms with Crippen LogP contribution in [0.25, 0.3) is 11.3 Å². The number of oxazole rings is 1. The van der Waals surface area contributed by atoms with Crippen LogP contribution in [0.4, 0.5) is 11.7 Å². The molecule has 0 saturated carbocycles. The maximum atomic E-state index is 11.1. The van der Waals surface area contributed by atoms with E-state index in [1.165, 1.54) is 16.8 Å². The highest BCUT2D eigenvalue weighted by Gasteiger charge is 2.41. The number of benzene rings is 2. The number of hydrogen-bond acceptors (Lipinski definition) is 6. The second-order valence-corrected chi connectivity index (χ2v) is 11.8. The van der Waals surface area contributed by atoms with Crippen LogP contribution in [0, 0.1) is 19.8 Å². The van der Waals surface area contributed by atoms with Crippen molar-refractivity contribution < 1.29 is 9.52 Å². The van der Waals surface area contributed by atoms with Gasteiger partial charge >= 0.3 is 0 Å². The number of rotatable bonds is 5. The van der Waals surface area contributed by atoms with Crippen molar-refractivity contribution in [3.63, 3.8) is 0 Å². The summed E-state index contributed by atoms with van der Waals surface area (Å²) in [5.41, 5.74) is 6.37. The SMILES string of the molecule is Cc1ccc2c(c1)NCC21CCN(CC(O)C2CCN(c3ncc(-c4ccc(C)c(Cl)c4)o3)CC2)CC1. The quantitative estimate of drug-likeness (QED) is 0.453. The lowest BCUT2D eigenvalue weighted by Crippen LogP contribution is -2.48. The number of aryl methyl sites for hydroxylation is 2. The Kier molecular flexibility index (Phi) is 6.68. The summed E-state index contributed by atoms with van der Waals surface area (Å²) in [4.78, 5) is 9.20. The Labute approximate surface area is 224 Å². The Hall–Kier alpha value is -2.54. The fraction of sp³-hybridized carbons (Fsp3) is 0.500. The Bertz CT molecular complexity index is 1260. The summed E-state index contributed by atoms with van der Waals surface area (Å²) in [6.45, 7) is 9.76. The molecule has 3 aliphatic rings. The van der Waals surface area contributed by atoms with E-state index in [4.69, 9.17) is 16.0 Å². The number of halogens is 1. The van der Waals surface area contributed by atoms with Gasteiger partial charge in [0.15, 0.2) is 5.76 Å². The number of hydrogen-bond donors (Lipinski definition) is 2. The lowest BCUT2D eigenvalue weighted by molar-refractivity contribution is 0.0385. The number of aliphatic hydroxyl groups is 1. The largest absolute Gasteiger partial charge is 0.423 e. The van der Waals surface area contributed by atoms with Gasteiger partial charge in [-0.2, -0.15) is 0 Å². The molecule has 1 spiro atoms. The maximum absolute atomic E-state index is 11.1. The lowest BCUT2D eigenvalue weighted by atomic mass is 9.74. The molecule has 2 saturated heterocycles. The fourth-order valence-electron chi connectivity index (χ4n) is 6.42. The first-order valence-corrected chi connectivity index (χ1v) is 14.0. The van der Waals surface area contributed by atoms with E-state index in [1.54, 1.807) is 6.20 Å². The first-order valence-electron chi connectivity index (χ1n) is 13.6. The van der Waals surface area contributed by atoms with Crippen LogP contribution in [-0.2, 0) is 5.41 Å². The monoisotopic (exact) mass is 520 g/mol. The van der Waals surface area contributed by atoms with E-state index in [0.29, 0.717) is 11.9 Å². The van der Waals surface area contributed by atoms with Gasteiger partial charge in [-0.05, 0) is 87.4 Å². The van der Waals surface area contributed by atoms with Crippen molar-refractivity contribution in [2.45, 2.75) is 51.0 Å². The second kappa shape index (κ2) is 9.97. The topological polar surface area (TPSA) is 64.8 Å². The van der Waals surface area contributed by atoms with E-state index in [-0.39, 0.29) is 11.5 Å². The fourth-order valence-corrected chi connectivity index (χ4v) is 6.60. The highest BCUT2D eigenvalue weighted by molar-refractivity contribution is 6.31. The first kappa shape index (κ1) is 24.8. The molecule has 3 aliphatic heterocycles. The molecule has 37 heavy (non-hydrogen) atoms. The van der Waals surface area contributed by atoms with Crippen molar-refractivity contribution in [2.75, 3.05) is 49.5 Å².